The second-order valence-corrected chi connectivity index (χ2v) is 7.45. The molecule has 3 aromatic rings. The van der Waals surface area contributed by atoms with Crippen molar-refractivity contribution in [2.24, 2.45) is 0 Å². The number of nitrogens with zero attached hydrogens (tertiary/aromatic N) is 1. The Hall–Kier alpha value is -2.41. The molecule has 1 aliphatic rings. The Morgan fingerprint density at radius 3 is 2.52 bits per heavy atom. The van der Waals surface area contributed by atoms with Crippen molar-refractivity contribution in [1.82, 2.24) is 4.98 Å². The summed E-state index contributed by atoms with van der Waals surface area (Å²) in [6.07, 6.45) is 4.42. The summed E-state index contributed by atoms with van der Waals surface area (Å²) in [4.78, 5) is 4.93. The molecule has 4 rings (SSSR count). The summed E-state index contributed by atoms with van der Waals surface area (Å²) in [5.41, 5.74) is 8.74. The number of hydrogen-bond donors (Lipinski definition) is 0. The van der Waals surface area contributed by atoms with Gasteiger partial charge >= 0.3 is 0 Å². The van der Waals surface area contributed by atoms with Gasteiger partial charge in [0.25, 0.3) is 0 Å². The van der Waals surface area contributed by atoms with Gasteiger partial charge in [-0.1, -0.05) is 57.2 Å². The van der Waals surface area contributed by atoms with Crippen LogP contribution in [-0.2, 0) is 5.41 Å². The third kappa shape index (κ3) is 2.28. The Morgan fingerprint density at radius 2 is 1.74 bits per heavy atom. The Bertz CT molecular complexity index is 956. The van der Waals surface area contributed by atoms with Crippen molar-refractivity contribution < 1.29 is 0 Å². The van der Waals surface area contributed by atoms with Gasteiger partial charge in [-0.3, -0.25) is 0 Å². The molecule has 0 amide bonds. The quantitative estimate of drug-likeness (QED) is 0.420. The summed E-state index contributed by atoms with van der Waals surface area (Å²) in [6.45, 7) is 8.90. The first-order valence-corrected chi connectivity index (χ1v) is 8.17. The van der Waals surface area contributed by atoms with Gasteiger partial charge in [0.15, 0.2) is 0 Å². The molecule has 0 fully saturated rings. The van der Waals surface area contributed by atoms with Gasteiger partial charge in [-0.25, -0.2) is 4.98 Å². The van der Waals surface area contributed by atoms with E-state index >= 15 is 0 Å². The summed E-state index contributed by atoms with van der Waals surface area (Å²) in [7, 11) is 0. The van der Waals surface area contributed by atoms with Crippen LogP contribution in [-0.4, -0.2) is 4.98 Å². The molecule has 0 bridgehead atoms. The molecule has 1 heteroatoms. The zero-order valence-electron chi connectivity index (χ0n) is 14.1. The fraction of sp³-hybridized carbons (Fsp3) is 0.227. The maximum atomic E-state index is 4.93. The smallest absolute Gasteiger partial charge is 0.0721 e. The highest BCUT2D eigenvalue weighted by Crippen LogP contribution is 2.35. The largest absolute Gasteiger partial charge is 0.248 e. The minimum absolute atomic E-state index is 0.147. The first-order valence-electron chi connectivity index (χ1n) is 8.17. The Kier molecular flexibility index (Phi) is 2.96. The standard InChI is InChI=1S/C22H21N/c1-14-8-11-19-21-16(9-10-18(14)21)13-20(23-19)15-6-5-7-17(12-15)22(2,3)4/h5-13H,1-4H3. The second-order valence-electron chi connectivity index (χ2n) is 7.45. The number of benzene rings is 2. The lowest BCUT2D eigenvalue weighted by molar-refractivity contribution is 0.590. The van der Waals surface area contributed by atoms with Crippen LogP contribution in [0.1, 0.15) is 43.0 Å². The highest BCUT2D eigenvalue weighted by atomic mass is 14.7. The van der Waals surface area contributed by atoms with Gasteiger partial charge in [-0.15, -0.1) is 0 Å². The molecule has 1 heterocycles. The summed E-state index contributed by atoms with van der Waals surface area (Å²) in [6, 6.07) is 15.3. The summed E-state index contributed by atoms with van der Waals surface area (Å²) < 4.78 is 0. The molecule has 0 saturated carbocycles. The topological polar surface area (TPSA) is 12.9 Å². The van der Waals surface area contributed by atoms with Crippen LogP contribution in [0.4, 0.5) is 0 Å². The lowest BCUT2D eigenvalue weighted by atomic mass is 9.86. The van der Waals surface area contributed by atoms with E-state index in [2.05, 4.69) is 82.3 Å². The predicted molar refractivity (Wildman–Crippen MR) is 99.5 cm³/mol. The molecule has 1 nitrogen and oxygen atoms in total. The summed E-state index contributed by atoms with van der Waals surface area (Å²) in [5, 5.41) is 1.29. The van der Waals surface area contributed by atoms with E-state index < -0.39 is 0 Å². The van der Waals surface area contributed by atoms with Gasteiger partial charge in [0.1, 0.15) is 0 Å². The average molecular weight is 299 g/mol. The average Bonchev–Trinajstić information content (AvgIpc) is 2.95. The third-order valence-electron chi connectivity index (χ3n) is 4.72. The van der Waals surface area contributed by atoms with E-state index in [-0.39, 0.29) is 5.41 Å². The highest BCUT2D eigenvalue weighted by molar-refractivity contribution is 6.05. The van der Waals surface area contributed by atoms with Crippen LogP contribution in [0.25, 0.3) is 34.3 Å². The van der Waals surface area contributed by atoms with Gasteiger partial charge in [0.2, 0.25) is 0 Å². The fourth-order valence-corrected chi connectivity index (χ4v) is 3.30. The number of aryl methyl sites for hydroxylation is 1. The fourth-order valence-electron chi connectivity index (χ4n) is 3.30. The van der Waals surface area contributed by atoms with Crippen molar-refractivity contribution in [1.29, 1.82) is 0 Å². The number of pyridine rings is 1. The Balaban J connectivity index is 1.92. The molecule has 2 aromatic carbocycles. The van der Waals surface area contributed by atoms with Crippen molar-refractivity contribution in [3.8, 4) is 11.3 Å². The predicted octanol–water partition coefficient (Wildman–Crippen LogP) is 5.99. The zero-order chi connectivity index (χ0) is 16.2. The summed E-state index contributed by atoms with van der Waals surface area (Å²) >= 11 is 0. The first kappa shape index (κ1) is 14.2. The lowest BCUT2D eigenvalue weighted by Crippen LogP contribution is -2.10. The van der Waals surface area contributed by atoms with Crippen LogP contribution in [0.3, 0.4) is 0 Å². The van der Waals surface area contributed by atoms with Crippen molar-refractivity contribution in [3.63, 3.8) is 0 Å². The summed E-state index contributed by atoms with van der Waals surface area (Å²) in [5.74, 6) is 0. The Morgan fingerprint density at radius 1 is 0.913 bits per heavy atom. The molecule has 1 aromatic heterocycles. The molecular formula is C22H21N. The number of rotatable bonds is 1. The van der Waals surface area contributed by atoms with Crippen molar-refractivity contribution in [2.75, 3.05) is 0 Å². The van der Waals surface area contributed by atoms with Gasteiger partial charge in [-0.2, -0.15) is 0 Å². The van der Waals surface area contributed by atoms with Gasteiger partial charge < -0.3 is 0 Å². The van der Waals surface area contributed by atoms with E-state index in [1.165, 1.54) is 33.2 Å². The monoisotopic (exact) mass is 299 g/mol. The van der Waals surface area contributed by atoms with Crippen molar-refractivity contribution in [3.05, 3.63) is 64.7 Å². The zero-order valence-corrected chi connectivity index (χ0v) is 14.1. The molecule has 1 aliphatic carbocycles. The maximum Gasteiger partial charge on any atom is 0.0721 e. The van der Waals surface area contributed by atoms with Crippen LogP contribution in [0, 0.1) is 6.92 Å². The molecule has 0 radical (unpaired) electrons. The molecular weight excluding hydrogens is 278 g/mol. The van der Waals surface area contributed by atoms with Crippen LogP contribution < -0.4 is 0 Å². The first-order chi connectivity index (χ1) is 10.9. The van der Waals surface area contributed by atoms with Gasteiger partial charge in [-0.05, 0) is 52.8 Å². The van der Waals surface area contributed by atoms with E-state index in [4.69, 9.17) is 4.98 Å². The normalized spacial score (nSPS) is 13.0. The van der Waals surface area contributed by atoms with Crippen LogP contribution >= 0.6 is 0 Å². The van der Waals surface area contributed by atoms with Crippen LogP contribution in [0.5, 0.6) is 0 Å². The minimum atomic E-state index is 0.147. The van der Waals surface area contributed by atoms with E-state index in [9.17, 15) is 0 Å². The minimum Gasteiger partial charge on any atom is -0.248 e. The molecule has 0 atom stereocenters. The molecule has 0 saturated heterocycles. The van der Waals surface area contributed by atoms with Crippen LogP contribution in [0.2, 0.25) is 0 Å². The Labute approximate surface area is 137 Å². The molecule has 0 unspecified atom stereocenters. The molecule has 0 N–H and O–H groups in total. The van der Waals surface area contributed by atoms with E-state index in [0.29, 0.717) is 0 Å². The van der Waals surface area contributed by atoms with Crippen molar-refractivity contribution >= 4 is 23.1 Å². The van der Waals surface area contributed by atoms with E-state index in [1.54, 1.807) is 0 Å². The second kappa shape index (κ2) is 4.79. The van der Waals surface area contributed by atoms with Crippen molar-refractivity contribution in [2.45, 2.75) is 33.1 Å². The molecule has 0 aliphatic heterocycles. The highest BCUT2D eigenvalue weighted by Gasteiger charge is 2.17. The number of aromatic nitrogens is 1. The lowest BCUT2D eigenvalue weighted by Gasteiger charge is -2.19. The number of hydrogen-bond acceptors (Lipinski definition) is 1. The molecule has 114 valence electrons. The van der Waals surface area contributed by atoms with Gasteiger partial charge in [0, 0.05) is 10.9 Å². The molecule has 0 spiro atoms. The van der Waals surface area contributed by atoms with E-state index in [1.807, 2.05) is 0 Å². The third-order valence-corrected chi connectivity index (χ3v) is 4.72. The van der Waals surface area contributed by atoms with Gasteiger partial charge in [0.05, 0.1) is 11.2 Å². The van der Waals surface area contributed by atoms with Crippen LogP contribution in [0.15, 0.2) is 42.5 Å². The van der Waals surface area contributed by atoms with E-state index in [0.717, 1.165) is 11.2 Å². The maximum absolute atomic E-state index is 4.93. The molecule has 23 heavy (non-hydrogen) atoms. The SMILES string of the molecule is Cc1ccc2nc(-c3cccc(C(C)(C)C)c3)cc3c2c1C=C3.